The topological polar surface area (TPSA) is 29.1 Å². The van der Waals surface area contributed by atoms with E-state index in [0.717, 1.165) is 24.2 Å². The summed E-state index contributed by atoms with van der Waals surface area (Å²) in [6.07, 6.45) is 0.940. The third-order valence-electron chi connectivity index (χ3n) is 2.32. The predicted octanol–water partition coefficient (Wildman–Crippen LogP) is 2.73. The minimum atomic E-state index is -0.119. The second kappa shape index (κ2) is 3.79. The smallest absolute Gasteiger partial charge is 0.179 e. The molecule has 1 N–H and O–H groups in total. The number of benzene rings is 1. The molecule has 0 saturated heterocycles. The van der Waals surface area contributed by atoms with Crippen molar-refractivity contribution < 1.29 is 4.79 Å². The number of fused-ring (bicyclic) bond motifs is 1. The van der Waals surface area contributed by atoms with Gasteiger partial charge in [-0.1, -0.05) is 11.6 Å². The van der Waals surface area contributed by atoms with Crippen molar-refractivity contribution in [2.45, 2.75) is 6.42 Å². The number of anilines is 1. The van der Waals surface area contributed by atoms with Gasteiger partial charge in [-0.15, -0.1) is 11.6 Å². The van der Waals surface area contributed by atoms with Gasteiger partial charge in [-0.05, 0) is 24.1 Å². The van der Waals surface area contributed by atoms with Gasteiger partial charge in [0.05, 0.1) is 10.9 Å². The van der Waals surface area contributed by atoms with Gasteiger partial charge >= 0.3 is 0 Å². The van der Waals surface area contributed by atoms with Crippen molar-refractivity contribution in [2.24, 2.45) is 0 Å². The van der Waals surface area contributed by atoms with Crippen molar-refractivity contribution in [1.29, 1.82) is 0 Å². The van der Waals surface area contributed by atoms with Crippen LogP contribution in [-0.4, -0.2) is 18.2 Å². The summed E-state index contributed by atoms with van der Waals surface area (Å²) in [6.45, 7) is 0.907. The summed E-state index contributed by atoms with van der Waals surface area (Å²) in [4.78, 5) is 11.4. The summed E-state index contributed by atoms with van der Waals surface area (Å²) >= 11 is 11.4. The van der Waals surface area contributed by atoms with Gasteiger partial charge in [0.2, 0.25) is 0 Å². The lowest BCUT2D eigenvalue weighted by Gasteiger charge is -2.05. The summed E-state index contributed by atoms with van der Waals surface area (Å²) in [7, 11) is 0. The van der Waals surface area contributed by atoms with E-state index < -0.39 is 0 Å². The molecule has 2 rings (SSSR count). The number of carbonyl (C=O) groups excluding carboxylic acids is 1. The SMILES string of the molecule is O=C(CCl)c1cc2c(cc1Cl)NCC2. The van der Waals surface area contributed by atoms with E-state index in [1.807, 2.05) is 6.07 Å². The predicted molar refractivity (Wildman–Crippen MR) is 58.7 cm³/mol. The fourth-order valence-electron chi connectivity index (χ4n) is 1.61. The molecule has 0 saturated carbocycles. The lowest BCUT2D eigenvalue weighted by atomic mass is 10.1. The molecular weight excluding hydrogens is 221 g/mol. The first kappa shape index (κ1) is 9.81. The lowest BCUT2D eigenvalue weighted by Crippen LogP contribution is -2.02. The Kier molecular flexibility index (Phi) is 2.66. The summed E-state index contributed by atoms with van der Waals surface area (Å²) in [5.41, 5.74) is 2.70. The van der Waals surface area contributed by atoms with E-state index in [-0.39, 0.29) is 11.7 Å². The summed E-state index contributed by atoms with van der Waals surface area (Å²) in [6, 6.07) is 3.63. The molecule has 1 heterocycles. The molecule has 1 aromatic carbocycles. The quantitative estimate of drug-likeness (QED) is 0.625. The Labute approximate surface area is 92.2 Å². The Bertz CT molecular complexity index is 390. The number of carbonyl (C=O) groups is 1. The maximum absolute atomic E-state index is 11.4. The molecule has 0 unspecified atom stereocenters. The number of rotatable bonds is 2. The molecule has 0 radical (unpaired) electrons. The number of alkyl halides is 1. The van der Waals surface area contributed by atoms with Crippen molar-refractivity contribution in [3.8, 4) is 0 Å². The van der Waals surface area contributed by atoms with Gasteiger partial charge in [0.15, 0.2) is 5.78 Å². The molecule has 74 valence electrons. The molecule has 1 aromatic rings. The minimum Gasteiger partial charge on any atom is -0.384 e. The zero-order valence-corrected chi connectivity index (χ0v) is 8.95. The van der Waals surface area contributed by atoms with Crippen LogP contribution in [0.3, 0.4) is 0 Å². The van der Waals surface area contributed by atoms with Crippen LogP contribution in [0.4, 0.5) is 5.69 Å². The van der Waals surface area contributed by atoms with E-state index in [9.17, 15) is 4.79 Å². The largest absolute Gasteiger partial charge is 0.384 e. The molecule has 1 aliphatic heterocycles. The molecule has 0 bridgehead atoms. The molecule has 0 spiro atoms. The molecule has 0 atom stereocenters. The molecule has 0 amide bonds. The fourth-order valence-corrected chi connectivity index (χ4v) is 2.02. The van der Waals surface area contributed by atoms with Crippen LogP contribution in [0.1, 0.15) is 15.9 Å². The van der Waals surface area contributed by atoms with E-state index in [1.54, 1.807) is 6.07 Å². The molecule has 1 aliphatic rings. The van der Waals surface area contributed by atoms with E-state index in [4.69, 9.17) is 23.2 Å². The average Bonchev–Trinajstić information content (AvgIpc) is 2.62. The Morgan fingerprint density at radius 1 is 1.50 bits per heavy atom. The third-order valence-corrected chi connectivity index (χ3v) is 2.88. The fraction of sp³-hybridized carbons (Fsp3) is 0.300. The van der Waals surface area contributed by atoms with Crippen LogP contribution in [0.2, 0.25) is 5.02 Å². The van der Waals surface area contributed by atoms with E-state index in [1.165, 1.54) is 0 Å². The number of hydrogen-bond donors (Lipinski definition) is 1. The highest BCUT2D eigenvalue weighted by Crippen LogP contribution is 2.29. The Morgan fingerprint density at radius 2 is 2.29 bits per heavy atom. The highest BCUT2D eigenvalue weighted by Gasteiger charge is 2.16. The van der Waals surface area contributed by atoms with E-state index in [0.29, 0.717) is 10.6 Å². The number of halogens is 2. The summed E-state index contributed by atoms with van der Waals surface area (Å²) < 4.78 is 0. The second-order valence-corrected chi connectivity index (χ2v) is 3.90. The summed E-state index contributed by atoms with van der Waals surface area (Å²) in [5, 5.41) is 3.67. The van der Waals surface area contributed by atoms with Gasteiger partial charge in [-0.3, -0.25) is 4.79 Å². The van der Waals surface area contributed by atoms with Crippen LogP contribution in [0, 0.1) is 0 Å². The standard InChI is InChI=1S/C10H9Cl2NO/c11-5-10(14)7-3-6-1-2-13-9(6)4-8(7)12/h3-4,13H,1-2,5H2. The Morgan fingerprint density at radius 3 is 3.00 bits per heavy atom. The monoisotopic (exact) mass is 229 g/mol. The van der Waals surface area contributed by atoms with Crippen molar-refractivity contribution in [3.63, 3.8) is 0 Å². The van der Waals surface area contributed by atoms with Gasteiger partial charge in [0.25, 0.3) is 0 Å². The van der Waals surface area contributed by atoms with Crippen molar-refractivity contribution in [3.05, 3.63) is 28.3 Å². The van der Waals surface area contributed by atoms with Crippen LogP contribution in [0.15, 0.2) is 12.1 Å². The Hall–Kier alpha value is -0.730. The minimum absolute atomic E-state index is 0.0219. The number of Topliss-reactive ketones (excluding diaryl/α,β-unsaturated/α-hetero) is 1. The maximum Gasteiger partial charge on any atom is 0.179 e. The van der Waals surface area contributed by atoms with E-state index in [2.05, 4.69) is 5.32 Å². The first-order valence-corrected chi connectivity index (χ1v) is 5.29. The first-order chi connectivity index (χ1) is 6.72. The van der Waals surface area contributed by atoms with Gasteiger partial charge in [0, 0.05) is 17.8 Å². The number of nitrogens with one attached hydrogen (secondary N) is 1. The first-order valence-electron chi connectivity index (χ1n) is 4.38. The third kappa shape index (κ3) is 1.60. The van der Waals surface area contributed by atoms with E-state index >= 15 is 0 Å². The molecule has 4 heteroatoms. The number of ketones is 1. The summed E-state index contributed by atoms with van der Waals surface area (Å²) in [5.74, 6) is -0.141. The van der Waals surface area contributed by atoms with Crippen LogP contribution >= 0.6 is 23.2 Å². The lowest BCUT2D eigenvalue weighted by molar-refractivity contribution is 0.102. The molecule has 14 heavy (non-hydrogen) atoms. The van der Waals surface area contributed by atoms with Gasteiger partial charge < -0.3 is 5.32 Å². The zero-order valence-electron chi connectivity index (χ0n) is 7.44. The number of hydrogen-bond acceptors (Lipinski definition) is 2. The van der Waals surface area contributed by atoms with Gasteiger partial charge in [-0.2, -0.15) is 0 Å². The maximum atomic E-state index is 11.4. The van der Waals surface area contributed by atoms with Gasteiger partial charge in [0.1, 0.15) is 0 Å². The molecular formula is C10H9Cl2NO. The average molecular weight is 230 g/mol. The molecule has 0 aliphatic carbocycles. The van der Waals surface area contributed by atoms with Crippen LogP contribution < -0.4 is 5.32 Å². The van der Waals surface area contributed by atoms with Crippen LogP contribution in [-0.2, 0) is 6.42 Å². The van der Waals surface area contributed by atoms with Crippen molar-refractivity contribution in [2.75, 3.05) is 17.7 Å². The Balaban J connectivity index is 2.47. The molecule has 2 nitrogen and oxygen atoms in total. The van der Waals surface area contributed by atoms with Gasteiger partial charge in [-0.25, -0.2) is 0 Å². The van der Waals surface area contributed by atoms with Crippen molar-refractivity contribution in [1.82, 2.24) is 0 Å². The zero-order chi connectivity index (χ0) is 10.1. The highest BCUT2D eigenvalue weighted by molar-refractivity contribution is 6.37. The van der Waals surface area contributed by atoms with Crippen LogP contribution in [0.5, 0.6) is 0 Å². The normalized spacial score (nSPS) is 13.6. The second-order valence-electron chi connectivity index (χ2n) is 3.22. The van der Waals surface area contributed by atoms with Crippen molar-refractivity contribution >= 4 is 34.7 Å². The highest BCUT2D eigenvalue weighted by atomic mass is 35.5. The van der Waals surface area contributed by atoms with Crippen LogP contribution in [0.25, 0.3) is 0 Å². The molecule has 0 fully saturated rings. The molecule has 0 aromatic heterocycles.